The Morgan fingerprint density at radius 2 is 1.76 bits per heavy atom. The van der Waals surface area contributed by atoms with Crippen molar-refractivity contribution in [2.75, 3.05) is 4.90 Å². The molecule has 1 aliphatic heterocycles. The van der Waals surface area contributed by atoms with E-state index in [2.05, 4.69) is 22.0 Å². The molecule has 0 unspecified atom stereocenters. The Morgan fingerprint density at radius 1 is 1.00 bits per heavy atom. The molecule has 1 N–H and O–H groups in total. The lowest BCUT2D eigenvalue weighted by Crippen LogP contribution is -2.30. The Bertz CT molecular complexity index is 1130. The van der Waals surface area contributed by atoms with Crippen molar-refractivity contribution in [2.45, 2.75) is 20.4 Å². The molecule has 2 heterocycles. The largest absolute Gasteiger partial charge is 0.344 e. The summed E-state index contributed by atoms with van der Waals surface area (Å²) in [5.74, 6) is -0.398. The third-order valence-electron chi connectivity index (χ3n) is 5.04. The van der Waals surface area contributed by atoms with Gasteiger partial charge in [0.25, 0.3) is 5.91 Å². The van der Waals surface area contributed by atoms with Gasteiger partial charge in [-0.2, -0.15) is 0 Å². The van der Waals surface area contributed by atoms with Crippen LogP contribution < -0.4 is 10.2 Å². The molecule has 0 aliphatic carbocycles. The molecule has 4 rings (SSSR count). The Kier molecular flexibility index (Phi) is 4.99. The van der Waals surface area contributed by atoms with Gasteiger partial charge in [0.05, 0.1) is 5.69 Å². The zero-order valence-corrected chi connectivity index (χ0v) is 16.9. The summed E-state index contributed by atoms with van der Waals surface area (Å²) in [6.45, 7) is 4.79. The lowest BCUT2D eigenvalue weighted by atomic mass is 10.2. The number of rotatable bonds is 4. The zero-order valence-electron chi connectivity index (χ0n) is 16.1. The number of nitrogens with one attached hydrogen (secondary N) is 1. The SMILES string of the molecule is Cc1cc(/C=C2/NC(=O)N(c3cccc(Cl)c3)C2=O)c(C)n1Cc1ccccc1. The van der Waals surface area contributed by atoms with Gasteiger partial charge in [-0.15, -0.1) is 0 Å². The molecule has 6 heteroatoms. The number of carbonyl (C=O) groups is 2. The predicted octanol–water partition coefficient (Wildman–Crippen LogP) is 4.90. The molecule has 1 saturated heterocycles. The molecule has 146 valence electrons. The topological polar surface area (TPSA) is 54.3 Å². The van der Waals surface area contributed by atoms with E-state index in [9.17, 15) is 9.59 Å². The van der Waals surface area contributed by atoms with Gasteiger partial charge in [0.15, 0.2) is 0 Å². The number of hydrogen-bond acceptors (Lipinski definition) is 2. The number of nitrogens with zero attached hydrogens (tertiary/aromatic N) is 2. The van der Waals surface area contributed by atoms with Crippen LogP contribution in [0, 0.1) is 13.8 Å². The second-order valence-corrected chi connectivity index (χ2v) is 7.44. The van der Waals surface area contributed by atoms with E-state index >= 15 is 0 Å². The summed E-state index contributed by atoms with van der Waals surface area (Å²) in [4.78, 5) is 26.3. The second-order valence-electron chi connectivity index (χ2n) is 7.01. The third kappa shape index (κ3) is 3.69. The van der Waals surface area contributed by atoms with Gasteiger partial charge in [0.1, 0.15) is 5.70 Å². The van der Waals surface area contributed by atoms with Crippen LogP contribution in [0.15, 0.2) is 66.4 Å². The normalized spacial score (nSPS) is 15.3. The first-order chi connectivity index (χ1) is 13.9. The van der Waals surface area contributed by atoms with Crippen molar-refractivity contribution >= 4 is 35.3 Å². The lowest BCUT2D eigenvalue weighted by molar-refractivity contribution is -0.113. The Labute approximate surface area is 174 Å². The van der Waals surface area contributed by atoms with Gasteiger partial charge in [-0.05, 0) is 55.3 Å². The maximum Gasteiger partial charge on any atom is 0.333 e. The highest BCUT2D eigenvalue weighted by molar-refractivity contribution is 6.32. The van der Waals surface area contributed by atoms with Gasteiger partial charge >= 0.3 is 6.03 Å². The molecule has 1 aromatic heterocycles. The molecular weight excluding hydrogens is 386 g/mol. The fourth-order valence-corrected chi connectivity index (χ4v) is 3.71. The Morgan fingerprint density at radius 3 is 2.48 bits per heavy atom. The maximum atomic E-state index is 12.9. The first kappa shape index (κ1) is 19.0. The molecule has 5 nitrogen and oxygen atoms in total. The number of halogens is 1. The summed E-state index contributed by atoms with van der Waals surface area (Å²) in [5.41, 5.74) is 4.90. The number of aryl methyl sites for hydroxylation is 1. The molecule has 0 spiro atoms. The van der Waals surface area contributed by atoms with Crippen LogP contribution in [0.1, 0.15) is 22.5 Å². The zero-order chi connectivity index (χ0) is 20.5. The van der Waals surface area contributed by atoms with Crippen LogP contribution in [0.3, 0.4) is 0 Å². The van der Waals surface area contributed by atoms with Gasteiger partial charge in [0, 0.05) is 23.0 Å². The van der Waals surface area contributed by atoms with E-state index in [1.165, 1.54) is 5.56 Å². The summed E-state index contributed by atoms with van der Waals surface area (Å²) < 4.78 is 2.19. The van der Waals surface area contributed by atoms with E-state index in [4.69, 9.17) is 11.6 Å². The predicted molar refractivity (Wildman–Crippen MR) is 115 cm³/mol. The molecule has 0 radical (unpaired) electrons. The summed E-state index contributed by atoms with van der Waals surface area (Å²) >= 11 is 6.01. The van der Waals surface area contributed by atoms with E-state index in [1.54, 1.807) is 30.3 Å². The number of imide groups is 1. The quantitative estimate of drug-likeness (QED) is 0.495. The number of hydrogen-bond donors (Lipinski definition) is 1. The van der Waals surface area contributed by atoms with Crippen molar-refractivity contribution in [1.82, 2.24) is 9.88 Å². The molecule has 2 aromatic carbocycles. The molecule has 1 aliphatic rings. The lowest BCUT2D eigenvalue weighted by Gasteiger charge is -2.11. The smallest absolute Gasteiger partial charge is 0.333 e. The molecule has 1 fully saturated rings. The molecular formula is C23H20ClN3O2. The van der Waals surface area contributed by atoms with Crippen LogP contribution in [0.25, 0.3) is 6.08 Å². The van der Waals surface area contributed by atoms with E-state index < -0.39 is 11.9 Å². The van der Waals surface area contributed by atoms with E-state index in [0.717, 1.165) is 28.4 Å². The minimum atomic E-state index is -0.485. The molecule has 0 bridgehead atoms. The van der Waals surface area contributed by atoms with Gasteiger partial charge < -0.3 is 9.88 Å². The molecule has 29 heavy (non-hydrogen) atoms. The van der Waals surface area contributed by atoms with Crippen LogP contribution in [-0.2, 0) is 11.3 Å². The van der Waals surface area contributed by atoms with Crippen molar-refractivity contribution < 1.29 is 9.59 Å². The summed E-state index contributed by atoms with van der Waals surface area (Å²) in [6.07, 6.45) is 1.73. The monoisotopic (exact) mass is 405 g/mol. The van der Waals surface area contributed by atoms with Gasteiger partial charge in [-0.25, -0.2) is 9.69 Å². The van der Waals surface area contributed by atoms with Crippen LogP contribution in [0.5, 0.6) is 0 Å². The first-order valence-electron chi connectivity index (χ1n) is 9.27. The van der Waals surface area contributed by atoms with Crippen LogP contribution >= 0.6 is 11.6 Å². The molecule has 3 aromatic rings. The average molecular weight is 406 g/mol. The number of anilines is 1. The number of amides is 3. The minimum Gasteiger partial charge on any atom is -0.344 e. The second kappa shape index (κ2) is 7.60. The third-order valence-corrected chi connectivity index (χ3v) is 5.28. The number of carbonyl (C=O) groups excluding carboxylic acids is 2. The van der Waals surface area contributed by atoms with Crippen LogP contribution in [-0.4, -0.2) is 16.5 Å². The highest BCUT2D eigenvalue weighted by Gasteiger charge is 2.35. The molecule has 3 amide bonds. The molecule has 0 saturated carbocycles. The molecule has 0 atom stereocenters. The van der Waals surface area contributed by atoms with E-state index in [0.29, 0.717) is 10.7 Å². The van der Waals surface area contributed by atoms with Crippen molar-refractivity contribution in [1.29, 1.82) is 0 Å². The summed E-state index contributed by atoms with van der Waals surface area (Å²) in [7, 11) is 0. The van der Waals surface area contributed by atoms with E-state index in [1.807, 2.05) is 38.1 Å². The maximum absolute atomic E-state index is 12.9. The number of aromatic nitrogens is 1. The van der Waals surface area contributed by atoms with Crippen molar-refractivity contribution in [3.63, 3.8) is 0 Å². The number of urea groups is 1. The summed E-state index contributed by atoms with van der Waals surface area (Å²) in [6, 6.07) is 18.4. The van der Waals surface area contributed by atoms with E-state index in [-0.39, 0.29) is 5.70 Å². The van der Waals surface area contributed by atoms with Gasteiger partial charge in [0.2, 0.25) is 0 Å². The Hall–Kier alpha value is -3.31. The van der Waals surface area contributed by atoms with Gasteiger partial charge in [-0.1, -0.05) is 48.0 Å². The highest BCUT2D eigenvalue weighted by Crippen LogP contribution is 2.26. The first-order valence-corrected chi connectivity index (χ1v) is 9.65. The number of benzene rings is 2. The van der Waals surface area contributed by atoms with Crippen LogP contribution in [0.2, 0.25) is 5.02 Å². The Balaban J connectivity index is 1.64. The summed E-state index contributed by atoms with van der Waals surface area (Å²) in [5, 5.41) is 3.13. The highest BCUT2D eigenvalue weighted by atomic mass is 35.5. The average Bonchev–Trinajstić information content (AvgIpc) is 3.12. The van der Waals surface area contributed by atoms with Crippen LogP contribution in [0.4, 0.5) is 10.5 Å². The van der Waals surface area contributed by atoms with Crippen molar-refractivity contribution in [2.24, 2.45) is 0 Å². The fourth-order valence-electron chi connectivity index (χ4n) is 3.52. The van der Waals surface area contributed by atoms with Crippen molar-refractivity contribution in [3.8, 4) is 0 Å². The minimum absolute atomic E-state index is 0.245. The van der Waals surface area contributed by atoms with Crippen molar-refractivity contribution in [3.05, 3.63) is 93.9 Å². The standard InChI is InChI=1S/C23H20ClN3O2/c1-15-11-18(16(2)26(15)14-17-7-4-3-5-8-17)12-21-22(28)27(23(29)25-21)20-10-6-9-19(24)13-20/h3-13H,14H2,1-2H3,(H,25,29)/b21-12+. The fraction of sp³-hybridized carbons (Fsp3) is 0.130. The van der Waals surface area contributed by atoms with Gasteiger partial charge in [-0.3, -0.25) is 4.79 Å².